The largest absolute Gasteiger partial charge is 0.396 e. The highest BCUT2D eigenvalue weighted by Gasteiger charge is 2.23. The van der Waals surface area contributed by atoms with Crippen LogP contribution in [0.1, 0.15) is 41.8 Å². The molecule has 2 rings (SSSR count). The molecule has 1 aliphatic carbocycles. The topological polar surface area (TPSA) is 37.3 Å². The molecule has 0 amide bonds. The molecule has 1 aromatic carbocycles. The molecule has 17 heavy (non-hydrogen) atoms. The van der Waals surface area contributed by atoms with Gasteiger partial charge in [0.1, 0.15) is 0 Å². The average molecular weight is 232 g/mol. The van der Waals surface area contributed by atoms with Crippen molar-refractivity contribution < 1.29 is 9.90 Å². The average Bonchev–Trinajstić information content (AvgIpc) is 2.75. The first kappa shape index (κ1) is 12.3. The van der Waals surface area contributed by atoms with E-state index in [2.05, 4.69) is 6.07 Å². The molecule has 1 atom stereocenters. The van der Waals surface area contributed by atoms with Gasteiger partial charge in [-0.3, -0.25) is 4.79 Å². The zero-order valence-electron chi connectivity index (χ0n) is 10.6. The lowest BCUT2D eigenvalue weighted by Crippen LogP contribution is -2.24. The maximum atomic E-state index is 12.3. The molecule has 1 unspecified atom stereocenters. The number of aliphatic hydroxyl groups excluding tert-OH is 1. The van der Waals surface area contributed by atoms with Gasteiger partial charge in [-0.15, -0.1) is 0 Å². The molecule has 92 valence electrons. The number of ketones is 1. The van der Waals surface area contributed by atoms with Gasteiger partial charge in [0, 0.05) is 11.5 Å². The van der Waals surface area contributed by atoms with Crippen molar-refractivity contribution in [1.29, 1.82) is 0 Å². The quantitative estimate of drug-likeness (QED) is 0.810. The number of benzene rings is 1. The summed E-state index contributed by atoms with van der Waals surface area (Å²) in [6, 6.07) is 6.01. The number of Topliss-reactive ketones (excluding diaryl/α,β-unsaturated/α-hetero) is 1. The van der Waals surface area contributed by atoms with Crippen molar-refractivity contribution in [3.8, 4) is 0 Å². The number of carbonyl (C=O) groups excluding carboxylic acids is 1. The van der Waals surface area contributed by atoms with Gasteiger partial charge in [-0.05, 0) is 42.4 Å². The Hall–Kier alpha value is -1.15. The predicted octanol–water partition coefficient (Wildman–Crippen LogP) is 2.62. The van der Waals surface area contributed by atoms with Crippen molar-refractivity contribution in [2.75, 3.05) is 6.61 Å². The minimum atomic E-state index is -0.269. The highest BCUT2D eigenvalue weighted by atomic mass is 16.3. The van der Waals surface area contributed by atoms with Crippen LogP contribution in [0.25, 0.3) is 0 Å². The fraction of sp³-hybridized carbons (Fsp3) is 0.533. The molecule has 1 aliphatic rings. The first-order chi connectivity index (χ1) is 8.13. The molecule has 0 spiro atoms. The van der Waals surface area contributed by atoms with Crippen LogP contribution in [0.3, 0.4) is 0 Å². The fourth-order valence-electron chi connectivity index (χ4n) is 2.54. The molecule has 0 saturated heterocycles. The third kappa shape index (κ3) is 2.42. The first-order valence-electron chi connectivity index (χ1n) is 6.40. The smallest absolute Gasteiger partial charge is 0.168 e. The van der Waals surface area contributed by atoms with E-state index in [1.807, 2.05) is 26.0 Å². The molecule has 0 aliphatic heterocycles. The van der Waals surface area contributed by atoms with Crippen molar-refractivity contribution in [2.24, 2.45) is 11.8 Å². The van der Waals surface area contributed by atoms with Crippen LogP contribution in [0.4, 0.5) is 0 Å². The Kier molecular flexibility index (Phi) is 3.63. The Morgan fingerprint density at radius 2 is 2.00 bits per heavy atom. The molecular formula is C15H20O2. The summed E-state index contributed by atoms with van der Waals surface area (Å²) >= 11 is 0. The van der Waals surface area contributed by atoms with Crippen LogP contribution >= 0.6 is 0 Å². The van der Waals surface area contributed by atoms with Gasteiger partial charge in [-0.25, -0.2) is 0 Å². The lowest BCUT2D eigenvalue weighted by Gasteiger charge is -2.17. The fourth-order valence-corrected chi connectivity index (χ4v) is 2.54. The Bertz CT molecular complexity index is 421. The molecule has 2 heteroatoms. The lowest BCUT2D eigenvalue weighted by molar-refractivity contribution is 0.0806. The zero-order valence-corrected chi connectivity index (χ0v) is 10.6. The van der Waals surface area contributed by atoms with E-state index in [0.29, 0.717) is 0 Å². The normalized spacial score (nSPS) is 16.0. The third-order valence-corrected chi connectivity index (χ3v) is 3.72. The minimum Gasteiger partial charge on any atom is -0.396 e. The molecule has 0 saturated carbocycles. The van der Waals surface area contributed by atoms with Crippen molar-refractivity contribution in [2.45, 2.75) is 33.1 Å². The molecular weight excluding hydrogens is 212 g/mol. The standard InChI is InChI=1S/C15H20O2/c1-10(2)14(9-16)15(17)13-7-6-11-4-3-5-12(11)8-13/h6-8,10,14,16H,3-5,9H2,1-2H3. The summed E-state index contributed by atoms with van der Waals surface area (Å²) in [6.45, 7) is 3.89. The summed E-state index contributed by atoms with van der Waals surface area (Å²) in [7, 11) is 0. The Labute approximate surface area is 103 Å². The van der Waals surface area contributed by atoms with Crippen LogP contribution in [0.2, 0.25) is 0 Å². The predicted molar refractivity (Wildman–Crippen MR) is 68.2 cm³/mol. The summed E-state index contributed by atoms with van der Waals surface area (Å²) < 4.78 is 0. The zero-order chi connectivity index (χ0) is 12.4. The maximum absolute atomic E-state index is 12.3. The van der Waals surface area contributed by atoms with E-state index in [4.69, 9.17) is 0 Å². The number of aryl methyl sites for hydroxylation is 2. The van der Waals surface area contributed by atoms with Crippen LogP contribution in [-0.4, -0.2) is 17.5 Å². The second-order valence-corrected chi connectivity index (χ2v) is 5.23. The summed E-state index contributed by atoms with van der Waals surface area (Å²) in [4.78, 5) is 12.3. The van der Waals surface area contributed by atoms with Gasteiger partial charge >= 0.3 is 0 Å². The summed E-state index contributed by atoms with van der Waals surface area (Å²) in [5.74, 6) is -0.00703. The second-order valence-electron chi connectivity index (χ2n) is 5.23. The van der Waals surface area contributed by atoms with Gasteiger partial charge in [-0.1, -0.05) is 26.0 Å². The molecule has 1 aromatic rings. The number of rotatable bonds is 4. The highest BCUT2D eigenvalue weighted by molar-refractivity contribution is 5.98. The van der Waals surface area contributed by atoms with E-state index in [-0.39, 0.29) is 24.2 Å². The molecule has 0 heterocycles. The number of fused-ring (bicyclic) bond motifs is 1. The van der Waals surface area contributed by atoms with Crippen molar-refractivity contribution in [3.05, 3.63) is 34.9 Å². The van der Waals surface area contributed by atoms with Crippen molar-refractivity contribution >= 4 is 5.78 Å². The Morgan fingerprint density at radius 1 is 1.29 bits per heavy atom. The summed E-state index contributed by atoms with van der Waals surface area (Å²) in [6.07, 6.45) is 3.42. The molecule has 0 bridgehead atoms. The minimum absolute atomic E-state index is 0.0619. The third-order valence-electron chi connectivity index (χ3n) is 3.72. The van der Waals surface area contributed by atoms with Crippen LogP contribution in [0.15, 0.2) is 18.2 Å². The van der Waals surface area contributed by atoms with Crippen LogP contribution in [0.5, 0.6) is 0 Å². The molecule has 0 fully saturated rings. The highest BCUT2D eigenvalue weighted by Crippen LogP contribution is 2.25. The molecule has 1 N–H and O–H groups in total. The number of hydrogen-bond acceptors (Lipinski definition) is 2. The van der Waals surface area contributed by atoms with Gasteiger partial charge in [0.2, 0.25) is 0 Å². The lowest BCUT2D eigenvalue weighted by atomic mass is 9.88. The van der Waals surface area contributed by atoms with Crippen molar-refractivity contribution in [1.82, 2.24) is 0 Å². The molecule has 0 aromatic heterocycles. The Balaban J connectivity index is 2.25. The molecule has 2 nitrogen and oxygen atoms in total. The number of aliphatic hydroxyl groups is 1. The maximum Gasteiger partial charge on any atom is 0.168 e. The van der Waals surface area contributed by atoms with Crippen molar-refractivity contribution in [3.63, 3.8) is 0 Å². The van der Waals surface area contributed by atoms with E-state index in [1.165, 1.54) is 17.5 Å². The number of hydrogen-bond donors (Lipinski definition) is 1. The van der Waals surface area contributed by atoms with Gasteiger partial charge in [0.05, 0.1) is 6.61 Å². The van der Waals surface area contributed by atoms with Gasteiger partial charge in [0.15, 0.2) is 5.78 Å². The van der Waals surface area contributed by atoms with E-state index < -0.39 is 0 Å². The Morgan fingerprint density at radius 3 is 2.65 bits per heavy atom. The van der Waals surface area contributed by atoms with E-state index in [0.717, 1.165) is 18.4 Å². The second kappa shape index (κ2) is 5.01. The van der Waals surface area contributed by atoms with E-state index in [1.54, 1.807) is 0 Å². The number of carbonyl (C=O) groups is 1. The van der Waals surface area contributed by atoms with Gasteiger partial charge in [0.25, 0.3) is 0 Å². The molecule has 0 radical (unpaired) electrons. The van der Waals surface area contributed by atoms with Crippen LogP contribution in [0, 0.1) is 11.8 Å². The van der Waals surface area contributed by atoms with Gasteiger partial charge in [-0.2, -0.15) is 0 Å². The SMILES string of the molecule is CC(C)C(CO)C(=O)c1ccc2c(c1)CCC2. The van der Waals surface area contributed by atoms with E-state index >= 15 is 0 Å². The summed E-state index contributed by atoms with van der Waals surface area (Å²) in [5, 5.41) is 9.30. The van der Waals surface area contributed by atoms with Crippen LogP contribution in [-0.2, 0) is 12.8 Å². The monoisotopic (exact) mass is 232 g/mol. The van der Waals surface area contributed by atoms with Gasteiger partial charge < -0.3 is 5.11 Å². The van der Waals surface area contributed by atoms with E-state index in [9.17, 15) is 9.90 Å². The van der Waals surface area contributed by atoms with Crippen LogP contribution < -0.4 is 0 Å². The summed E-state index contributed by atoms with van der Waals surface area (Å²) in [5.41, 5.74) is 3.46. The first-order valence-corrected chi connectivity index (χ1v) is 6.40.